The molecule has 0 fully saturated rings. The van der Waals surface area contributed by atoms with Gasteiger partial charge in [0.15, 0.2) is 0 Å². The van der Waals surface area contributed by atoms with Gasteiger partial charge in [0, 0.05) is 19.3 Å². The molecule has 5 nitrogen and oxygen atoms in total. The molecule has 18 heavy (non-hydrogen) atoms. The van der Waals surface area contributed by atoms with Crippen LogP contribution in [-0.2, 0) is 6.54 Å². The molecule has 1 unspecified atom stereocenters. The third-order valence-electron chi connectivity index (χ3n) is 2.60. The van der Waals surface area contributed by atoms with Gasteiger partial charge in [-0.2, -0.15) is 0 Å². The second kappa shape index (κ2) is 6.96. The van der Waals surface area contributed by atoms with Crippen molar-refractivity contribution in [2.24, 2.45) is 0 Å². The lowest BCUT2D eigenvalue weighted by Gasteiger charge is -2.18. The Kier molecular flexibility index (Phi) is 5.58. The quantitative estimate of drug-likeness (QED) is 0.829. The lowest BCUT2D eigenvalue weighted by molar-refractivity contribution is 0.163. The maximum atomic E-state index is 11.7. The molecule has 0 radical (unpaired) electrons. The predicted octanol–water partition coefficient (Wildman–Crippen LogP) is 1.30. The molecule has 1 heterocycles. The standard InChI is InChI=1S/C13H21N3O2/c1-10-5-4-6-12(15-10)9-14-13(18)16(3)8-7-11(2)17/h4-6,11,17H,7-9H2,1-3H3,(H,14,18). The second-order valence-corrected chi connectivity index (χ2v) is 4.49. The first-order chi connectivity index (χ1) is 8.49. The monoisotopic (exact) mass is 251 g/mol. The van der Waals surface area contributed by atoms with Crippen LogP contribution >= 0.6 is 0 Å². The number of aromatic nitrogens is 1. The van der Waals surface area contributed by atoms with Gasteiger partial charge in [0.05, 0.1) is 18.3 Å². The van der Waals surface area contributed by atoms with Crippen molar-refractivity contribution in [3.63, 3.8) is 0 Å². The van der Waals surface area contributed by atoms with Crippen LogP contribution in [0.15, 0.2) is 18.2 Å². The van der Waals surface area contributed by atoms with Gasteiger partial charge in [-0.1, -0.05) is 6.07 Å². The molecule has 1 aromatic rings. The van der Waals surface area contributed by atoms with Crippen molar-refractivity contribution in [2.45, 2.75) is 32.9 Å². The molecule has 100 valence electrons. The minimum Gasteiger partial charge on any atom is -0.393 e. The summed E-state index contributed by atoms with van der Waals surface area (Å²) in [5, 5.41) is 11.9. The highest BCUT2D eigenvalue weighted by molar-refractivity contribution is 5.73. The largest absolute Gasteiger partial charge is 0.393 e. The summed E-state index contributed by atoms with van der Waals surface area (Å²) in [6.07, 6.45) is 0.186. The molecule has 0 aliphatic heterocycles. The normalized spacial score (nSPS) is 12.0. The molecule has 1 aromatic heterocycles. The Hall–Kier alpha value is -1.62. The van der Waals surface area contributed by atoms with E-state index in [0.717, 1.165) is 11.4 Å². The van der Waals surface area contributed by atoms with Crippen molar-refractivity contribution < 1.29 is 9.90 Å². The number of rotatable bonds is 5. The highest BCUT2D eigenvalue weighted by atomic mass is 16.3. The van der Waals surface area contributed by atoms with Crippen molar-refractivity contribution in [1.82, 2.24) is 15.2 Å². The summed E-state index contributed by atoms with van der Waals surface area (Å²) >= 11 is 0. The molecule has 5 heteroatoms. The van der Waals surface area contributed by atoms with Crippen LogP contribution < -0.4 is 5.32 Å². The van der Waals surface area contributed by atoms with Crippen molar-refractivity contribution in [3.05, 3.63) is 29.6 Å². The van der Waals surface area contributed by atoms with E-state index in [1.54, 1.807) is 18.9 Å². The molecule has 0 saturated carbocycles. The van der Waals surface area contributed by atoms with E-state index in [1.807, 2.05) is 25.1 Å². The Labute approximate surface area is 108 Å². The fourth-order valence-corrected chi connectivity index (χ4v) is 1.48. The van der Waals surface area contributed by atoms with Crippen molar-refractivity contribution in [1.29, 1.82) is 0 Å². The highest BCUT2D eigenvalue weighted by Crippen LogP contribution is 1.98. The average molecular weight is 251 g/mol. The first-order valence-corrected chi connectivity index (χ1v) is 6.08. The van der Waals surface area contributed by atoms with Gasteiger partial charge in [-0.3, -0.25) is 4.98 Å². The fraction of sp³-hybridized carbons (Fsp3) is 0.538. The van der Waals surface area contributed by atoms with E-state index in [0.29, 0.717) is 19.5 Å². The third-order valence-corrected chi connectivity index (χ3v) is 2.60. The van der Waals surface area contributed by atoms with E-state index in [2.05, 4.69) is 10.3 Å². The molecule has 0 aromatic carbocycles. The van der Waals surface area contributed by atoms with Crippen LogP contribution in [0.25, 0.3) is 0 Å². The minimum absolute atomic E-state index is 0.154. The molecule has 0 aliphatic carbocycles. The van der Waals surface area contributed by atoms with E-state index < -0.39 is 6.10 Å². The van der Waals surface area contributed by atoms with E-state index in [9.17, 15) is 4.79 Å². The first-order valence-electron chi connectivity index (χ1n) is 6.08. The number of pyridine rings is 1. The van der Waals surface area contributed by atoms with E-state index in [1.165, 1.54) is 0 Å². The Bertz CT molecular complexity index is 394. The van der Waals surface area contributed by atoms with Gasteiger partial charge in [-0.15, -0.1) is 0 Å². The Balaban J connectivity index is 2.36. The number of nitrogens with zero attached hydrogens (tertiary/aromatic N) is 2. The summed E-state index contributed by atoms with van der Waals surface area (Å²) in [5.41, 5.74) is 1.77. The summed E-state index contributed by atoms with van der Waals surface area (Å²) in [6, 6.07) is 5.56. The topological polar surface area (TPSA) is 65.5 Å². The van der Waals surface area contributed by atoms with Crippen LogP contribution in [0.3, 0.4) is 0 Å². The molecule has 0 bridgehead atoms. The van der Waals surface area contributed by atoms with Crippen molar-refractivity contribution in [3.8, 4) is 0 Å². The molecular formula is C13H21N3O2. The maximum absolute atomic E-state index is 11.7. The zero-order valence-electron chi connectivity index (χ0n) is 11.2. The van der Waals surface area contributed by atoms with Crippen LogP contribution in [0.1, 0.15) is 24.7 Å². The lowest BCUT2D eigenvalue weighted by atomic mass is 10.3. The number of aliphatic hydroxyl groups is 1. The van der Waals surface area contributed by atoms with Gasteiger partial charge >= 0.3 is 6.03 Å². The summed E-state index contributed by atoms with van der Waals surface area (Å²) in [4.78, 5) is 17.6. The van der Waals surface area contributed by atoms with Crippen molar-refractivity contribution in [2.75, 3.05) is 13.6 Å². The molecule has 0 spiro atoms. The zero-order valence-corrected chi connectivity index (χ0v) is 11.2. The summed E-state index contributed by atoms with van der Waals surface area (Å²) in [7, 11) is 1.71. The van der Waals surface area contributed by atoms with E-state index in [4.69, 9.17) is 5.11 Å². The second-order valence-electron chi connectivity index (χ2n) is 4.49. The molecule has 0 saturated heterocycles. The SMILES string of the molecule is Cc1cccc(CNC(=O)N(C)CCC(C)O)n1. The van der Waals surface area contributed by atoms with Crippen LogP contribution in [0, 0.1) is 6.92 Å². The number of hydrogen-bond acceptors (Lipinski definition) is 3. The van der Waals surface area contributed by atoms with Crippen LogP contribution in [0.2, 0.25) is 0 Å². The molecular weight excluding hydrogens is 230 g/mol. The van der Waals surface area contributed by atoms with Gasteiger partial charge in [-0.05, 0) is 32.4 Å². The fourth-order valence-electron chi connectivity index (χ4n) is 1.48. The molecule has 2 N–H and O–H groups in total. The van der Waals surface area contributed by atoms with Gasteiger partial charge in [-0.25, -0.2) is 4.79 Å². The highest BCUT2D eigenvalue weighted by Gasteiger charge is 2.09. The molecule has 2 amide bonds. The number of amides is 2. The van der Waals surface area contributed by atoms with Gasteiger partial charge < -0.3 is 15.3 Å². The van der Waals surface area contributed by atoms with Gasteiger partial charge in [0.2, 0.25) is 0 Å². The minimum atomic E-state index is -0.390. The average Bonchev–Trinajstić information content (AvgIpc) is 2.33. The number of hydrogen-bond donors (Lipinski definition) is 2. The number of aryl methyl sites for hydroxylation is 1. The van der Waals surface area contributed by atoms with Gasteiger partial charge in [0.25, 0.3) is 0 Å². The third kappa shape index (κ3) is 5.14. The smallest absolute Gasteiger partial charge is 0.317 e. The summed E-state index contributed by atoms with van der Waals surface area (Å²) < 4.78 is 0. The number of nitrogens with one attached hydrogen (secondary N) is 1. The zero-order chi connectivity index (χ0) is 13.5. The Morgan fingerprint density at radius 2 is 2.28 bits per heavy atom. The molecule has 1 atom stereocenters. The number of carbonyl (C=O) groups is 1. The first kappa shape index (κ1) is 14.4. The predicted molar refractivity (Wildman–Crippen MR) is 70.1 cm³/mol. The van der Waals surface area contributed by atoms with Crippen LogP contribution in [0.4, 0.5) is 4.79 Å². The van der Waals surface area contributed by atoms with Crippen molar-refractivity contribution >= 4 is 6.03 Å². The molecule has 1 rings (SSSR count). The number of carbonyl (C=O) groups excluding carboxylic acids is 1. The Morgan fingerprint density at radius 3 is 2.89 bits per heavy atom. The van der Waals surface area contributed by atoms with Crippen LogP contribution in [-0.4, -0.2) is 40.7 Å². The van der Waals surface area contributed by atoms with Gasteiger partial charge in [0.1, 0.15) is 0 Å². The number of urea groups is 1. The van der Waals surface area contributed by atoms with E-state index >= 15 is 0 Å². The lowest BCUT2D eigenvalue weighted by Crippen LogP contribution is -2.38. The Morgan fingerprint density at radius 1 is 1.56 bits per heavy atom. The summed E-state index contributed by atoms with van der Waals surface area (Å²) in [5.74, 6) is 0. The summed E-state index contributed by atoms with van der Waals surface area (Å²) in [6.45, 7) is 4.58. The molecule has 0 aliphatic rings. The van der Waals surface area contributed by atoms with Crippen LogP contribution in [0.5, 0.6) is 0 Å². The number of aliphatic hydroxyl groups excluding tert-OH is 1. The van der Waals surface area contributed by atoms with E-state index in [-0.39, 0.29) is 6.03 Å². The maximum Gasteiger partial charge on any atom is 0.317 e.